The summed E-state index contributed by atoms with van der Waals surface area (Å²) in [6.45, 7) is 0.0614. The number of nitrogens with two attached hydrogens (primary N) is 2. The topological polar surface area (TPSA) is 202 Å². The lowest BCUT2D eigenvalue weighted by atomic mass is 10.0. The number of pyridine rings is 1. The number of rotatable bonds is 12. The summed E-state index contributed by atoms with van der Waals surface area (Å²) in [5.74, 6) is 9.89. The maximum Gasteiger partial charge on any atom is 0.408 e. The molecule has 1 aliphatic rings. The van der Waals surface area contributed by atoms with Gasteiger partial charge < -0.3 is 40.6 Å². The second-order valence-electron chi connectivity index (χ2n) is 12.0. The van der Waals surface area contributed by atoms with Crippen LogP contribution in [0.3, 0.4) is 0 Å². The Labute approximate surface area is 307 Å². The molecule has 1 aliphatic heterocycles. The number of hydrogen-bond acceptors (Lipinski definition) is 12. The first-order valence-corrected chi connectivity index (χ1v) is 16.7. The number of aromatic nitrogens is 1. The summed E-state index contributed by atoms with van der Waals surface area (Å²) in [4.78, 5) is 67.7. The van der Waals surface area contributed by atoms with Crippen molar-refractivity contribution in [2.75, 3.05) is 39.7 Å². The zero-order valence-electron chi connectivity index (χ0n) is 29.5. The van der Waals surface area contributed by atoms with Gasteiger partial charge in [-0.25, -0.2) is 14.6 Å². The van der Waals surface area contributed by atoms with Gasteiger partial charge in [-0.05, 0) is 59.0 Å². The van der Waals surface area contributed by atoms with Crippen molar-refractivity contribution in [1.82, 2.24) is 15.2 Å². The van der Waals surface area contributed by atoms with Crippen molar-refractivity contribution in [3.05, 3.63) is 94.2 Å². The van der Waals surface area contributed by atoms with E-state index in [2.05, 4.69) is 34.0 Å². The largest absolute Gasteiger partial charge is 0.469 e. The summed E-state index contributed by atoms with van der Waals surface area (Å²) in [5, 5.41) is 2.70. The van der Waals surface area contributed by atoms with Crippen molar-refractivity contribution in [1.29, 1.82) is 0 Å². The van der Waals surface area contributed by atoms with Crippen LogP contribution in [0.15, 0.2) is 60.8 Å². The van der Waals surface area contributed by atoms with Crippen LogP contribution in [0.1, 0.15) is 46.2 Å². The van der Waals surface area contributed by atoms with E-state index in [-0.39, 0.29) is 51.3 Å². The molecule has 1 fully saturated rings. The van der Waals surface area contributed by atoms with Gasteiger partial charge in [0.2, 0.25) is 5.91 Å². The van der Waals surface area contributed by atoms with Crippen LogP contribution >= 0.6 is 0 Å². The third kappa shape index (κ3) is 12.7. The summed E-state index contributed by atoms with van der Waals surface area (Å²) in [6, 6.07) is 14.5. The lowest BCUT2D eigenvalue weighted by Gasteiger charge is -2.22. The van der Waals surface area contributed by atoms with E-state index in [1.165, 1.54) is 25.3 Å². The van der Waals surface area contributed by atoms with Crippen LogP contribution in [0, 0.1) is 23.7 Å². The number of carbonyl (C=O) groups excluding carboxylic acids is 5. The maximum atomic E-state index is 13.1. The Kier molecular flexibility index (Phi) is 14.8. The number of benzene rings is 2. The van der Waals surface area contributed by atoms with Gasteiger partial charge in [-0.3, -0.25) is 14.4 Å². The molecule has 3 aromatic rings. The van der Waals surface area contributed by atoms with Gasteiger partial charge in [-0.2, -0.15) is 0 Å². The molecule has 0 spiro atoms. The quantitative estimate of drug-likeness (QED) is 0.139. The third-order valence-corrected chi connectivity index (χ3v) is 8.08. The van der Waals surface area contributed by atoms with Crippen LogP contribution in [0.4, 0.5) is 10.6 Å². The monoisotopic (exact) mass is 723 g/mol. The minimum absolute atomic E-state index is 0.0156. The number of alkyl carbamates (subject to hydrolysis) is 1. The smallest absolute Gasteiger partial charge is 0.408 e. The molecule has 0 bridgehead atoms. The van der Waals surface area contributed by atoms with Gasteiger partial charge in [-0.15, -0.1) is 0 Å². The van der Waals surface area contributed by atoms with Crippen LogP contribution in [0.5, 0.6) is 0 Å². The second kappa shape index (κ2) is 19.9. The molecule has 1 aromatic heterocycles. The average Bonchev–Trinajstić information content (AvgIpc) is 3.57. The van der Waals surface area contributed by atoms with Crippen molar-refractivity contribution in [3.63, 3.8) is 0 Å². The number of nitrogens with one attached hydrogen (secondary N) is 1. The summed E-state index contributed by atoms with van der Waals surface area (Å²) in [7, 11) is 2.53. The molecular formula is C39H41N5O9. The Bertz CT molecular complexity index is 1940. The second-order valence-corrected chi connectivity index (χ2v) is 12.0. The highest BCUT2D eigenvalue weighted by Crippen LogP contribution is 2.21. The van der Waals surface area contributed by atoms with Crippen molar-refractivity contribution in [3.8, 4) is 23.7 Å². The number of nitrogens with zero attached hydrogens (tertiary/aromatic N) is 2. The van der Waals surface area contributed by atoms with Gasteiger partial charge in [0.15, 0.2) is 13.2 Å². The minimum atomic E-state index is -0.846. The average molecular weight is 724 g/mol. The lowest BCUT2D eigenvalue weighted by molar-refractivity contribution is -0.150. The zero-order valence-corrected chi connectivity index (χ0v) is 29.5. The molecule has 4 rings (SSSR count). The predicted molar refractivity (Wildman–Crippen MR) is 192 cm³/mol. The van der Waals surface area contributed by atoms with Crippen molar-refractivity contribution in [2.24, 2.45) is 5.73 Å². The Morgan fingerprint density at radius 1 is 0.849 bits per heavy atom. The Balaban J connectivity index is 1.31. The van der Waals surface area contributed by atoms with Crippen LogP contribution < -0.4 is 16.8 Å². The van der Waals surface area contributed by atoms with E-state index in [1.807, 2.05) is 24.3 Å². The SMILES string of the molecule is COC(=O)Cc1cc(C#CCOC(=O)Cc2ccnc(N)c2)cc(C#CCOC(=O)NC2CC(C(=O)OC)N(C(=O)CCc3cccc(CN)c3)C2)c1. The lowest BCUT2D eigenvalue weighted by Crippen LogP contribution is -2.42. The van der Waals surface area contributed by atoms with Crippen LogP contribution in [-0.2, 0) is 63.9 Å². The number of amides is 2. The summed E-state index contributed by atoms with van der Waals surface area (Å²) >= 11 is 0. The van der Waals surface area contributed by atoms with E-state index < -0.39 is 36.1 Å². The molecule has 2 aromatic carbocycles. The predicted octanol–water partition coefficient (Wildman–Crippen LogP) is 1.83. The molecule has 0 radical (unpaired) electrons. The first-order valence-electron chi connectivity index (χ1n) is 16.7. The molecule has 14 nitrogen and oxygen atoms in total. The van der Waals surface area contributed by atoms with Gasteiger partial charge in [0.1, 0.15) is 11.9 Å². The van der Waals surface area contributed by atoms with Gasteiger partial charge in [0.25, 0.3) is 0 Å². The minimum Gasteiger partial charge on any atom is -0.469 e. The molecule has 0 saturated carbocycles. The summed E-state index contributed by atoms with van der Waals surface area (Å²) < 4.78 is 20.1. The van der Waals surface area contributed by atoms with E-state index in [1.54, 1.807) is 30.3 Å². The fraction of sp³-hybridized carbons (Fsp3) is 0.333. The van der Waals surface area contributed by atoms with Gasteiger partial charge in [0, 0.05) is 43.3 Å². The van der Waals surface area contributed by atoms with Gasteiger partial charge in [0.05, 0.1) is 33.1 Å². The molecule has 1 saturated heterocycles. The first kappa shape index (κ1) is 39.4. The number of esters is 3. The fourth-order valence-corrected chi connectivity index (χ4v) is 5.58. The van der Waals surface area contributed by atoms with E-state index >= 15 is 0 Å². The molecule has 2 amide bonds. The highest BCUT2D eigenvalue weighted by molar-refractivity contribution is 5.86. The Morgan fingerprint density at radius 2 is 1.55 bits per heavy atom. The molecule has 2 unspecified atom stereocenters. The maximum absolute atomic E-state index is 13.1. The molecule has 276 valence electrons. The fourth-order valence-electron chi connectivity index (χ4n) is 5.58. The number of carbonyl (C=O) groups is 5. The molecule has 14 heteroatoms. The van der Waals surface area contributed by atoms with Crippen molar-refractivity contribution in [2.45, 2.75) is 50.7 Å². The molecule has 0 aliphatic carbocycles. The Hall–Kier alpha value is -6.38. The number of nitrogen functional groups attached to an aromatic ring is 1. The van der Waals surface area contributed by atoms with E-state index in [4.69, 9.17) is 30.4 Å². The third-order valence-electron chi connectivity index (χ3n) is 8.08. The van der Waals surface area contributed by atoms with Crippen LogP contribution in [0.2, 0.25) is 0 Å². The highest BCUT2D eigenvalue weighted by Gasteiger charge is 2.40. The molecule has 53 heavy (non-hydrogen) atoms. The van der Waals surface area contributed by atoms with Crippen molar-refractivity contribution < 1.29 is 42.9 Å². The number of hydrogen-bond donors (Lipinski definition) is 3. The molecular weight excluding hydrogens is 682 g/mol. The summed E-state index contributed by atoms with van der Waals surface area (Å²) in [6.07, 6.45) is 1.52. The van der Waals surface area contributed by atoms with E-state index in [9.17, 15) is 24.0 Å². The normalized spacial score (nSPS) is 14.4. The first-order chi connectivity index (χ1) is 25.6. The van der Waals surface area contributed by atoms with Gasteiger partial charge in [-0.1, -0.05) is 47.9 Å². The number of anilines is 1. The number of aryl methyl sites for hydroxylation is 1. The Morgan fingerprint density at radius 3 is 2.23 bits per heavy atom. The van der Waals surface area contributed by atoms with E-state index in [0.717, 1.165) is 11.1 Å². The number of ether oxygens (including phenoxy) is 4. The number of methoxy groups -OCH3 is 2. The standard InChI is InChI=1S/C39H41N5O9/c1-50-36(46)22-31-18-27(8-4-14-52-37(47)21-29-12-13-42-34(41)20-29)17-28(19-31)9-5-15-53-39(49)43-32-23-33(38(48)51-2)44(25-32)35(45)11-10-26-6-3-7-30(16-26)24-40/h3,6-7,12-13,16-20,32-33H,10-11,14-15,21-25,40H2,1-2H3,(H2,41,42)(H,43,49). The van der Waals surface area contributed by atoms with Gasteiger partial charge >= 0.3 is 24.0 Å². The van der Waals surface area contributed by atoms with Crippen LogP contribution in [0.25, 0.3) is 0 Å². The number of likely N-dealkylation sites (tertiary alicyclic amines) is 1. The summed E-state index contributed by atoms with van der Waals surface area (Å²) in [5.41, 5.74) is 15.5. The highest BCUT2D eigenvalue weighted by atomic mass is 16.5. The van der Waals surface area contributed by atoms with E-state index in [0.29, 0.717) is 41.0 Å². The molecule has 2 heterocycles. The zero-order chi connectivity index (χ0) is 38.2. The van der Waals surface area contributed by atoms with Crippen LogP contribution in [-0.4, -0.2) is 85.9 Å². The van der Waals surface area contributed by atoms with Crippen molar-refractivity contribution >= 4 is 35.7 Å². The molecule has 2 atom stereocenters. The molecule has 5 N–H and O–H groups in total.